The van der Waals surface area contributed by atoms with E-state index in [4.69, 9.17) is 23.2 Å². The number of aromatic nitrogens is 1. The molecule has 1 aromatic heterocycles. The fraction of sp³-hybridized carbons (Fsp3) is 0.615. The van der Waals surface area contributed by atoms with E-state index in [2.05, 4.69) is 28.1 Å². The van der Waals surface area contributed by atoms with Crippen molar-refractivity contribution in [1.29, 1.82) is 0 Å². The molecule has 0 aliphatic carbocycles. The normalized spacial score (nSPS) is 31.4. The standard InChI is InChI=1S/C13H17Cl2N3/c1-17(8-14)18-10-3-4-12(18)11(6-10)9-2-5-13(15)16-7-9/h2,5,7,10-12H,3-4,6,8H2,1H3/t10-,11?,12-/m1/s1. The highest BCUT2D eigenvalue weighted by atomic mass is 35.5. The van der Waals surface area contributed by atoms with Crippen LogP contribution in [0.4, 0.5) is 0 Å². The molecule has 2 fully saturated rings. The molecule has 1 unspecified atom stereocenters. The lowest BCUT2D eigenvalue weighted by Crippen LogP contribution is -2.43. The molecule has 3 atom stereocenters. The Kier molecular flexibility index (Phi) is 3.50. The zero-order chi connectivity index (χ0) is 12.7. The third-order valence-electron chi connectivity index (χ3n) is 4.25. The Labute approximate surface area is 118 Å². The van der Waals surface area contributed by atoms with Gasteiger partial charge in [-0.1, -0.05) is 17.7 Å². The molecule has 3 heterocycles. The molecule has 0 amide bonds. The van der Waals surface area contributed by atoms with Crippen LogP contribution in [0.15, 0.2) is 18.3 Å². The number of alkyl halides is 1. The predicted octanol–water partition coefficient (Wildman–Crippen LogP) is 3.10. The molecule has 18 heavy (non-hydrogen) atoms. The summed E-state index contributed by atoms with van der Waals surface area (Å²) in [6, 6.07) is 5.76. The predicted molar refractivity (Wildman–Crippen MR) is 73.7 cm³/mol. The van der Waals surface area contributed by atoms with Crippen LogP contribution in [0.1, 0.15) is 30.7 Å². The maximum atomic E-state index is 5.96. The van der Waals surface area contributed by atoms with Gasteiger partial charge >= 0.3 is 0 Å². The highest BCUT2D eigenvalue weighted by Gasteiger charge is 2.48. The van der Waals surface area contributed by atoms with Crippen molar-refractivity contribution in [3.05, 3.63) is 29.0 Å². The molecule has 2 aliphatic rings. The highest BCUT2D eigenvalue weighted by Crippen LogP contribution is 2.47. The lowest BCUT2D eigenvalue weighted by Gasteiger charge is -2.31. The van der Waals surface area contributed by atoms with Gasteiger partial charge in [0.1, 0.15) is 5.15 Å². The Morgan fingerprint density at radius 2 is 2.28 bits per heavy atom. The molecule has 0 aromatic carbocycles. The van der Waals surface area contributed by atoms with Crippen molar-refractivity contribution in [3.63, 3.8) is 0 Å². The summed E-state index contributed by atoms with van der Waals surface area (Å²) in [5.74, 6) is 0.569. The van der Waals surface area contributed by atoms with Crippen LogP contribution < -0.4 is 0 Å². The van der Waals surface area contributed by atoms with E-state index in [1.165, 1.54) is 24.8 Å². The average Bonchev–Trinajstić information content (AvgIpc) is 2.96. The van der Waals surface area contributed by atoms with Gasteiger partial charge < -0.3 is 0 Å². The summed E-state index contributed by atoms with van der Waals surface area (Å²) in [7, 11) is 2.07. The van der Waals surface area contributed by atoms with Gasteiger partial charge in [-0.3, -0.25) is 0 Å². The number of hydrogen-bond donors (Lipinski definition) is 0. The molecule has 1 aromatic rings. The molecule has 3 rings (SSSR count). The SMILES string of the molecule is CN(CCl)N1[C@@H]2CC[C@@H]1C(c1ccc(Cl)nc1)C2. The van der Waals surface area contributed by atoms with E-state index in [9.17, 15) is 0 Å². The largest absolute Gasteiger partial charge is 0.244 e. The second-order valence-corrected chi connectivity index (χ2v) is 5.84. The van der Waals surface area contributed by atoms with Crippen LogP contribution in [-0.4, -0.2) is 40.1 Å². The minimum Gasteiger partial charge on any atom is -0.244 e. The maximum absolute atomic E-state index is 5.96. The van der Waals surface area contributed by atoms with Gasteiger partial charge in [0.25, 0.3) is 0 Å². The van der Waals surface area contributed by atoms with Crippen LogP contribution in [0.3, 0.4) is 0 Å². The van der Waals surface area contributed by atoms with Gasteiger partial charge in [-0.15, -0.1) is 11.6 Å². The summed E-state index contributed by atoms with van der Waals surface area (Å²) in [4.78, 5) is 4.20. The van der Waals surface area contributed by atoms with Gasteiger partial charge in [-0.2, -0.15) is 0 Å². The summed E-state index contributed by atoms with van der Waals surface area (Å²) in [6.45, 7) is 0. The maximum Gasteiger partial charge on any atom is 0.129 e. The minimum atomic E-state index is 0.554. The summed E-state index contributed by atoms with van der Waals surface area (Å²) in [5.41, 5.74) is 1.31. The van der Waals surface area contributed by atoms with E-state index in [0.717, 1.165) is 0 Å². The van der Waals surface area contributed by atoms with Crippen LogP contribution in [0.25, 0.3) is 0 Å². The first kappa shape index (κ1) is 12.7. The van der Waals surface area contributed by atoms with Crippen LogP contribution in [0.2, 0.25) is 5.15 Å². The number of fused-ring (bicyclic) bond motifs is 2. The van der Waals surface area contributed by atoms with E-state index in [1.807, 2.05) is 12.3 Å². The highest BCUT2D eigenvalue weighted by molar-refractivity contribution is 6.29. The van der Waals surface area contributed by atoms with Crippen molar-refractivity contribution < 1.29 is 0 Å². The smallest absolute Gasteiger partial charge is 0.129 e. The number of hydrogen-bond acceptors (Lipinski definition) is 3. The third kappa shape index (κ3) is 2.03. The summed E-state index contributed by atoms with van der Waals surface area (Å²) < 4.78 is 0. The molecule has 0 N–H and O–H groups in total. The second-order valence-electron chi connectivity index (χ2n) is 5.21. The molecule has 2 bridgehead atoms. The summed E-state index contributed by atoms with van der Waals surface area (Å²) >= 11 is 11.8. The van der Waals surface area contributed by atoms with Gasteiger partial charge in [-0.25, -0.2) is 15.0 Å². The van der Waals surface area contributed by atoms with Crippen molar-refractivity contribution in [2.75, 3.05) is 13.1 Å². The number of halogens is 2. The fourth-order valence-electron chi connectivity index (χ4n) is 3.52. The summed E-state index contributed by atoms with van der Waals surface area (Å²) in [6.07, 6.45) is 5.66. The van der Waals surface area contributed by atoms with E-state index in [-0.39, 0.29) is 0 Å². The number of pyridine rings is 1. The van der Waals surface area contributed by atoms with Gasteiger partial charge in [0.05, 0.1) is 6.00 Å². The zero-order valence-corrected chi connectivity index (χ0v) is 11.9. The Morgan fingerprint density at radius 1 is 1.44 bits per heavy atom. The molecular weight excluding hydrogens is 269 g/mol. The van der Waals surface area contributed by atoms with Crippen molar-refractivity contribution >= 4 is 23.2 Å². The average molecular weight is 286 g/mol. The third-order valence-corrected chi connectivity index (χ3v) is 4.82. The number of nitrogens with zero attached hydrogens (tertiary/aromatic N) is 3. The van der Waals surface area contributed by atoms with Crippen LogP contribution >= 0.6 is 23.2 Å². The van der Waals surface area contributed by atoms with E-state index >= 15 is 0 Å². The Hall–Kier alpha value is -0.350. The number of rotatable bonds is 3. The first-order valence-electron chi connectivity index (χ1n) is 6.37. The second kappa shape index (κ2) is 4.97. The molecule has 0 spiro atoms. The van der Waals surface area contributed by atoms with Gasteiger partial charge in [0.2, 0.25) is 0 Å². The van der Waals surface area contributed by atoms with Crippen LogP contribution in [-0.2, 0) is 0 Å². The quantitative estimate of drug-likeness (QED) is 0.483. The minimum absolute atomic E-state index is 0.554. The van der Waals surface area contributed by atoms with Gasteiger partial charge in [-0.05, 0) is 30.9 Å². The Balaban J connectivity index is 1.82. The summed E-state index contributed by atoms with van der Waals surface area (Å²) in [5, 5.41) is 5.18. The molecular formula is C13H17Cl2N3. The van der Waals surface area contributed by atoms with Crippen molar-refractivity contribution in [2.24, 2.45) is 0 Å². The Morgan fingerprint density at radius 3 is 2.94 bits per heavy atom. The molecule has 98 valence electrons. The monoisotopic (exact) mass is 285 g/mol. The molecule has 5 heteroatoms. The van der Waals surface area contributed by atoms with Crippen molar-refractivity contribution in [3.8, 4) is 0 Å². The van der Waals surface area contributed by atoms with E-state index in [1.54, 1.807) is 0 Å². The number of hydrazine groups is 1. The van der Waals surface area contributed by atoms with E-state index in [0.29, 0.717) is 29.2 Å². The van der Waals surface area contributed by atoms with E-state index < -0.39 is 0 Å². The lowest BCUT2D eigenvalue weighted by atomic mass is 9.85. The first-order chi connectivity index (χ1) is 8.70. The van der Waals surface area contributed by atoms with Gasteiger partial charge in [0, 0.05) is 31.2 Å². The van der Waals surface area contributed by atoms with Crippen molar-refractivity contribution in [1.82, 2.24) is 15.0 Å². The topological polar surface area (TPSA) is 19.4 Å². The lowest BCUT2D eigenvalue weighted by molar-refractivity contribution is -0.00301. The zero-order valence-electron chi connectivity index (χ0n) is 10.4. The molecule has 2 saturated heterocycles. The van der Waals surface area contributed by atoms with Crippen molar-refractivity contribution in [2.45, 2.75) is 37.3 Å². The van der Waals surface area contributed by atoms with Crippen LogP contribution in [0, 0.1) is 0 Å². The molecule has 0 saturated carbocycles. The van der Waals surface area contributed by atoms with Crippen LogP contribution in [0.5, 0.6) is 0 Å². The molecule has 0 radical (unpaired) electrons. The van der Waals surface area contributed by atoms with Gasteiger partial charge in [0.15, 0.2) is 0 Å². The first-order valence-corrected chi connectivity index (χ1v) is 7.28. The fourth-order valence-corrected chi connectivity index (χ4v) is 3.75. The molecule has 3 nitrogen and oxygen atoms in total. The Bertz CT molecular complexity index is 423. The molecule has 2 aliphatic heterocycles.